The quantitative estimate of drug-likeness (QED) is 0.864. The van der Waals surface area contributed by atoms with Gasteiger partial charge in [0, 0.05) is 30.7 Å². The van der Waals surface area contributed by atoms with E-state index in [-0.39, 0.29) is 5.41 Å². The molecule has 21 heavy (non-hydrogen) atoms. The number of rotatable bonds is 1. The van der Waals surface area contributed by atoms with E-state index in [1.807, 2.05) is 4.90 Å². The molecule has 6 heteroatoms. The summed E-state index contributed by atoms with van der Waals surface area (Å²) in [5.41, 5.74) is 0.0254. The van der Waals surface area contributed by atoms with Crippen LogP contribution in [0.2, 0.25) is 0 Å². The average Bonchev–Trinajstić information content (AvgIpc) is 2.82. The van der Waals surface area contributed by atoms with Crippen LogP contribution >= 0.6 is 0 Å². The molecule has 116 valence electrons. The first-order valence-corrected chi connectivity index (χ1v) is 7.40. The van der Waals surface area contributed by atoms with Gasteiger partial charge in [-0.15, -0.1) is 0 Å². The second kappa shape index (κ2) is 5.16. The van der Waals surface area contributed by atoms with Crippen LogP contribution in [0.15, 0.2) is 12.1 Å². The Balaban J connectivity index is 1.83. The van der Waals surface area contributed by atoms with Gasteiger partial charge < -0.3 is 10.2 Å². The van der Waals surface area contributed by atoms with E-state index < -0.39 is 11.7 Å². The highest BCUT2D eigenvalue weighted by molar-refractivity contribution is 5.45. The van der Waals surface area contributed by atoms with Crippen molar-refractivity contribution in [3.05, 3.63) is 23.4 Å². The van der Waals surface area contributed by atoms with E-state index in [9.17, 15) is 13.2 Å². The van der Waals surface area contributed by atoms with Gasteiger partial charge in [0.2, 0.25) is 0 Å². The standard InChI is InChI=1S/C15H20F3N3/c1-11-7-12(15(16,17)18)8-13(20-11)21-6-4-14(10-21)3-2-5-19-9-14/h7-8,19H,2-6,9-10H2,1H3. The Bertz CT molecular complexity index is 521. The first kappa shape index (κ1) is 14.6. The molecule has 3 rings (SSSR count). The number of pyridine rings is 1. The van der Waals surface area contributed by atoms with Crippen LogP contribution in [0.5, 0.6) is 0 Å². The predicted molar refractivity (Wildman–Crippen MR) is 75.3 cm³/mol. The zero-order chi connectivity index (χ0) is 15.1. The molecule has 0 aliphatic carbocycles. The van der Waals surface area contributed by atoms with E-state index in [4.69, 9.17) is 0 Å². The summed E-state index contributed by atoms with van der Waals surface area (Å²) >= 11 is 0. The number of hydrogen-bond acceptors (Lipinski definition) is 3. The molecule has 1 N–H and O–H groups in total. The van der Waals surface area contributed by atoms with E-state index in [1.54, 1.807) is 6.92 Å². The van der Waals surface area contributed by atoms with Gasteiger partial charge >= 0.3 is 6.18 Å². The summed E-state index contributed by atoms with van der Waals surface area (Å²) in [6.07, 6.45) is -0.999. The summed E-state index contributed by atoms with van der Waals surface area (Å²) in [7, 11) is 0. The molecular weight excluding hydrogens is 279 g/mol. The molecule has 2 saturated heterocycles. The number of alkyl halides is 3. The molecule has 2 fully saturated rings. The molecule has 0 radical (unpaired) electrons. The molecule has 3 heterocycles. The van der Waals surface area contributed by atoms with Gasteiger partial charge in [0.15, 0.2) is 0 Å². The number of nitrogens with one attached hydrogen (secondary N) is 1. The minimum absolute atomic E-state index is 0.210. The van der Waals surface area contributed by atoms with E-state index in [1.165, 1.54) is 6.07 Å². The fourth-order valence-electron chi connectivity index (χ4n) is 3.49. The zero-order valence-corrected chi connectivity index (χ0v) is 12.1. The fraction of sp³-hybridized carbons (Fsp3) is 0.667. The van der Waals surface area contributed by atoms with Gasteiger partial charge in [0.05, 0.1) is 5.56 Å². The number of nitrogens with zero attached hydrogens (tertiary/aromatic N) is 2. The number of aryl methyl sites for hydroxylation is 1. The Hall–Kier alpha value is -1.30. The van der Waals surface area contributed by atoms with Crippen LogP contribution in [0.4, 0.5) is 19.0 Å². The topological polar surface area (TPSA) is 28.2 Å². The van der Waals surface area contributed by atoms with Crippen molar-refractivity contribution >= 4 is 5.82 Å². The Morgan fingerprint density at radius 3 is 2.76 bits per heavy atom. The Kier molecular flexibility index (Phi) is 3.59. The van der Waals surface area contributed by atoms with Gasteiger partial charge in [-0.3, -0.25) is 0 Å². The SMILES string of the molecule is Cc1cc(C(F)(F)F)cc(N2CCC3(CCCNC3)C2)n1. The first-order valence-electron chi connectivity index (χ1n) is 7.40. The molecule has 3 nitrogen and oxygen atoms in total. The summed E-state index contributed by atoms with van der Waals surface area (Å²) in [4.78, 5) is 6.32. The lowest BCUT2D eigenvalue weighted by atomic mass is 9.80. The third-order valence-corrected chi connectivity index (χ3v) is 4.59. The number of anilines is 1. The first-order chi connectivity index (χ1) is 9.88. The molecule has 1 atom stereocenters. The Morgan fingerprint density at radius 2 is 2.10 bits per heavy atom. The summed E-state index contributed by atoms with van der Waals surface area (Å²) < 4.78 is 38.8. The van der Waals surface area contributed by atoms with E-state index >= 15 is 0 Å². The van der Waals surface area contributed by atoms with Crippen molar-refractivity contribution in [2.45, 2.75) is 32.4 Å². The smallest absolute Gasteiger partial charge is 0.356 e. The maximum absolute atomic E-state index is 12.9. The Morgan fingerprint density at radius 1 is 1.29 bits per heavy atom. The van der Waals surface area contributed by atoms with Crippen molar-refractivity contribution < 1.29 is 13.2 Å². The lowest BCUT2D eigenvalue weighted by Crippen LogP contribution is -2.42. The zero-order valence-electron chi connectivity index (χ0n) is 12.1. The summed E-state index contributed by atoms with van der Waals surface area (Å²) in [6.45, 7) is 5.21. The van der Waals surface area contributed by atoms with Crippen LogP contribution in [-0.2, 0) is 6.18 Å². The fourth-order valence-corrected chi connectivity index (χ4v) is 3.49. The highest BCUT2D eigenvalue weighted by Gasteiger charge is 2.40. The predicted octanol–water partition coefficient (Wildman–Crippen LogP) is 2.99. The molecule has 0 bridgehead atoms. The van der Waals surface area contributed by atoms with Crippen LogP contribution in [0, 0.1) is 12.3 Å². The van der Waals surface area contributed by atoms with Crippen LogP contribution in [0.1, 0.15) is 30.5 Å². The van der Waals surface area contributed by atoms with Crippen LogP contribution in [0.25, 0.3) is 0 Å². The Labute approximate surface area is 122 Å². The number of hydrogen-bond donors (Lipinski definition) is 1. The minimum atomic E-state index is -4.31. The summed E-state index contributed by atoms with van der Waals surface area (Å²) in [5, 5.41) is 3.41. The molecule has 0 amide bonds. The molecule has 1 aromatic heterocycles. The van der Waals surface area contributed by atoms with Gasteiger partial charge in [0.25, 0.3) is 0 Å². The highest BCUT2D eigenvalue weighted by atomic mass is 19.4. The number of halogens is 3. The lowest BCUT2D eigenvalue weighted by molar-refractivity contribution is -0.137. The van der Waals surface area contributed by atoms with Crippen molar-refractivity contribution in [2.75, 3.05) is 31.1 Å². The largest absolute Gasteiger partial charge is 0.416 e. The van der Waals surface area contributed by atoms with Crippen molar-refractivity contribution in [1.29, 1.82) is 0 Å². The van der Waals surface area contributed by atoms with Crippen molar-refractivity contribution in [3.8, 4) is 0 Å². The van der Waals surface area contributed by atoms with Crippen LogP contribution in [0.3, 0.4) is 0 Å². The van der Waals surface area contributed by atoms with Crippen molar-refractivity contribution in [2.24, 2.45) is 5.41 Å². The van der Waals surface area contributed by atoms with Crippen LogP contribution in [-0.4, -0.2) is 31.2 Å². The van der Waals surface area contributed by atoms with E-state index in [0.717, 1.165) is 51.5 Å². The molecule has 1 aromatic rings. The van der Waals surface area contributed by atoms with E-state index in [2.05, 4.69) is 10.3 Å². The molecule has 2 aliphatic heterocycles. The molecule has 2 aliphatic rings. The summed E-state index contributed by atoms with van der Waals surface area (Å²) in [6, 6.07) is 2.29. The molecule has 1 unspecified atom stereocenters. The van der Waals surface area contributed by atoms with Crippen LogP contribution < -0.4 is 10.2 Å². The van der Waals surface area contributed by atoms with Gasteiger partial charge in [-0.1, -0.05) is 0 Å². The van der Waals surface area contributed by atoms with Gasteiger partial charge in [-0.25, -0.2) is 4.98 Å². The summed E-state index contributed by atoms with van der Waals surface area (Å²) in [5.74, 6) is 0.463. The second-order valence-corrected chi connectivity index (χ2v) is 6.31. The van der Waals surface area contributed by atoms with Crippen molar-refractivity contribution in [1.82, 2.24) is 10.3 Å². The van der Waals surface area contributed by atoms with Gasteiger partial charge in [-0.2, -0.15) is 13.2 Å². The molecule has 0 saturated carbocycles. The van der Waals surface area contributed by atoms with Gasteiger partial charge in [-0.05, 0) is 44.9 Å². The highest BCUT2D eigenvalue weighted by Crippen LogP contribution is 2.39. The number of piperidine rings is 1. The van der Waals surface area contributed by atoms with Gasteiger partial charge in [0.1, 0.15) is 5.82 Å². The number of aromatic nitrogens is 1. The third-order valence-electron chi connectivity index (χ3n) is 4.59. The third kappa shape index (κ3) is 3.00. The minimum Gasteiger partial charge on any atom is -0.356 e. The van der Waals surface area contributed by atoms with Crippen molar-refractivity contribution in [3.63, 3.8) is 0 Å². The van der Waals surface area contributed by atoms with E-state index in [0.29, 0.717) is 11.5 Å². The normalized spacial score (nSPS) is 26.6. The monoisotopic (exact) mass is 299 g/mol. The average molecular weight is 299 g/mol. The maximum Gasteiger partial charge on any atom is 0.416 e. The molecule has 0 aromatic carbocycles. The lowest BCUT2D eigenvalue weighted by Gasteiger charge is -2.34. The molecular formula is C15H20F3N3. The maximum atomic E-state index is 12.9. The second-order valence-electron chi connectivity index (χ2n) is 6.31. The molecule has 1 spiro atoms.